The highest BCUT2D eigenvalue weighted by Crippen LogP contribution is 2.02. The molecule has 0 saturated heterocycles. The highest BCUT2D eigenvalue weighted by atomic mass is 16.5. The lowest BCUT2D eigenvalue weighted by atomic mass is 10.5. The molecule has 1 heterocycles. The topological polar surface area (TPSA) is 29.5 Å². The fourth-order valence-corrected chi connectivity index (χ4v) is 0.901. The molecule has 0 aliphatic carbocycles. The molecular formula is C7H11NO2. The summed E-state index contributed by atoms with van der Waals surface area (Å²) in [5.74, 6) is -0.174. The second-order valence-corrected chi connectivity index (χ2v) is 2.22. The zero-order valence-corrected chi connectivity index (χ0v) is 6.04. The number of carbonyl (C=O) groups is 1. The van der Waals surface area contributed by atoms with Gasteiger partial charge in [-0.05, 0) is 12.6 Å². The Morgan fingerprint density at radius 3 is 3.10 bits per heavy atom. The first-order valence-corrected chi connectivity index (χ1v) is 3.30. The Kier molecular flexibility index (Phi) is 2.31. The monoisotopic (exact) mass is 141 g/mol. The summed E-state index contributed by atoms with van der Waals surface area (Å²) in [7, 11) is 1.40. The van der Waals surface area contributed by atoms with Gasteiger partial charge in [0.05, 0.1) is 7.11 Å². The Morgan fingerprint density at radius 1 is 1.80 bits per heavy atom. The van der Waals surface area contributed by atoms with Gasteiger partial charge in [-0.2, -0.15) is 0 Å². The number of methoxy groups -OCH3 is 1. The largest absolute Gasteiger partial charge is 0.468 e. The molecule has 0 amide bonds. The van der Waals surface area contributed by atoms with Gasteiger partial charge in [0.25, 0.3) is 0 Å². The molecule has 10 heavy (non-hydrogen) atoms. The summed E-state index contributed by atoms with van der Waals surface area (Å²) in [4.78, 5) is 12.6. The molecule has 3 heteroatoms. The van der Waals surface area contributed by atoms with Crippen LogP contribution in [0.5, 0.6) is 0 Å². The van der Waals surface area contributed by atoms with Gasteiger partial charge in [-0.3, -0.25) is 4.79 Å². The van der Waals surface area contributed by atoms with E-state index < -0.39 is 0 Å². The third-order valence-electron chi connectivity index (χ3n) is 1.46. The first-order valence-electron chi connectivity index (χ1n) is 3.30. The highest BCUT2D eigenvalue weighted by molar-refractivity contribution is 5.71. The number of nitrogens with zero attached hydrogens (tertiary/aromatic N) is 1. The molecule has 1 aliphatic rings. The number of rotatable bonds is 2. The normalized spacial score (nSPS) is 15.9. The van der Waals surface area contributed by atoms with E-state index in [0.717, 1.165) is 13.0 Å². The molecule has 1 aliphatic heterocycles. The maximum atomic E-state index is 10.7. The zero-order valence-electron chi connectivity index (χ0n) is 6.04. The predicted molar refractivity (Wildman–Crippen MR) is 37.3 cm³/mol. The van der Waals surface area contributed by atoms with Crippen LogP contribution >= 0.6 is 0 Å². The lowest BCUT2D eigenvalue weighted by Gasteiger charge is -2.12. The van der Waals surface area contributed by atoms with E-state index in [1.807, 2.05) is 17.2 Å². The second-order valence-electron chi connectivity index (χ2n) is 2.22. The van der Waals surface area contributed by atoms with E-state index in [9.17, 15) is 4.79 Å². The van der Waals surface area contributed by atoms with Crippen LogP contribution in [-0.4, -0.2) is 31.1 Å². The van der Waals surface area contributed by atoms with Crippen molar-refractivity contribution in [2.45, 2.75) is 6.42 Å². The molecule has 0 aromatic carbocycles. The Balaban J connectivity index is 2.24. The van der Waals surface area contributed by atoms with Gasteiger partial charge in [0.15, 0.2) is 0 Å². The molecule has 0 bridgehead atoms. The molecular weight excluding hydrogens is 130 g/mol. The minimum atomic E-state index is -0.174. The van der Waals surface area contributed by atoms with E-state index in [2.05, 4.69) is 4.74 Å². The van der Waals surface area contributed by atoms with Crippen molar-refractivity contribution in [3.63, 3.8) is 0 Å². The van der Waals surface area contributed by atoms with Crippen LogP contribution < -0.4 is 0 Å². The molecule has 0 radical (unpaired) electrons. The van der Waals surface area contributed by atoms with Gasteiger partial charge in [-0.1, -0.05) is 6.08 Å². The summed E-state index contributed by atoms with van der Waals surface area (Å²) in [5.41, 5.74) is 0. The fourth-order valence-electron chi connectivity index (χ4n) is 0.901. The Bertz CT molecular complexity index is 154. The minimum absolute atomic E-state index is 0.174. The lowest BCUT2D eigenvalue weighted by Crippen LogP contribution is -2.23. The number of hydrogen-bond acceptors (Lipinski definition) is 3. The summed E-state index contributed by atoms with van der Waals surface area (Å²) in [6.07, 6.45) is 5.01. The SMILES string of the molecule is COC(=O)CN1C=CCC1. The molecule has 0 N–H and O–H groups in total. The quantitative estimate of drug-likeness (QED) is 0.521. The molecule has 0 atom stereocenters. The van der Waals surface area contributed by atoms with Crippen LogP contribution in [0.4, 0.5) is 0 Å². The zero-order chi connectivity index (χ0) is 7.40. The van der Waals surface area contributed by atoms with E-state index in [0.29, 0.717) is 6.54 Å². The van der Waals surface area contributed by atoms with Crippen LogP contribution in [0.3, 0.4) is 0 Å². The van der Waals surface area contributed by atoms with Crippen LogP contribution in [0.15, 0.2) is 12.3 Å². The summed E-state index contributed by atoms with van der Waals surface area (Å²) in [5, 5.41) is 0. The number of esters is 1. The summed E-state index contributed by atoms with van der Waals surface area (Å²) >= 11 is 0. The highest BCUT2D eigenvalue weighted by Gasteiger charge is 2.08. The van der Waals surface area contributed by atoms with Crippen molar-refractivity contribution < 1.29 is 9.53 Å². The standard InChI is InChI=1S/C7H11NO2/c1-10-7(9)6-8-4-2-3-5-8/h2,4H,3,5-6H2,1H3. The van der Waals surface area contributed by atoms with Crippen molar-refractivity contribution in [3.05, 3.63) is 12.3 Å². The van der Waals surface area contributed by atoms with Crippen molar-refractivity contribution in [2.75, 3.05) is 20.2 Å². The Hall–Kier alpha value is -0.990. The molecule has 0 aromatic heterocycles. The van der Waals surface area contributed by atoms with Crippen LogP contribution in [0.1, 0.15) is 6.42 Å². The lowest BCUT2D eigenvalue weighted by molar-refractivity contribution is -0.141. The third-order valence-corrected chi connectivity index (χ3v) is 1.46. The van der Waals surface area contributed by atoms with Crippen LogP contribution in [0.25, 0.3) is 0 Å². The summed E-state index contributed by atoms with van der Waals surface area (Å²) in [6.45, 7) is 1.32. The molecule has 56 valence electrons. The Morgan fingerprint density at radius 2 is 2.60 bits per heavy atom. The Labute approximate surface area is 60.3 Å². The molecule has 0 spiro atoms. The first kappa shape index (κ1) is 7.12. The van der Waals surface area contributed by atoms with E-state index >= 15 is 0 Å². The van der Waals surface area contributed by atoms with Gasteiger partial charge in [-0.25, -0.2) is 0 Å². The predicted octanol–water partition coefficient (Wildman–Crippen LogP) is 0.379. The maximum Gasteiger partial charge on any atom is 0.325 e. The first-order chi connectivity index (χ1) is 4.83. The van der Waals surface area contributed by atoms with Crippen molar-refractivity contribution in [1.82, 2.24) is 4.90 Å². The smallest absolute Gasteiger partial charge is 0.325 e. The fraction of sp³-hybridized carbons (Fsp3) is 0.571. The van der Waals surface area contributed by atoms with Gasteiger partial charge in [0.2, 0.25) is 0 Å². The van der Waals surface area contributed by atoms with Crippen LogP contribution in [0.2, 0.25) is 0 Å². The van der Waals surface area contributed by atoms with Crippen molar-refractivity contribution >= 4 is 5.97 Å². The number of ether oxygens (including phenoxy) is 1. The number of hydrogen-bond donors (Lipinski definition) is 0. The van der Waals surface area contributed by atoms with Gasteiger partial charge in [0.1, 0.15) is 6.54 Å². The van der Waals surface area contributed by atoms with Gasteiger partial charge in [0, 0.05) is 6.54 Å². The number of carbonyl (C=O) groups excluding carboxylic acids is 1. The molecule has 0 unspecified atom stereocenters. The molecule has 1 rings (SSSR count). The maximum absolute atomic E-state index is 10.7. The van der Waals surface area contributed by atoms with Gasteiger partial charge >= 0.3 is 5.97 Å². The van der Waals surface area contributed by atoms with Crippen molar-refractivity contribution in [3.8, 4) is 0 Å². The molecule has 0 saturated carbocycles. The molecule has 0 aromatic rings. The average Bonchev–Trinajstić information content (AvgIpc) is 2.40. The molecule has 3 nitrogen and oxygen atoms in total. The van der Waals surface area contributed by atoms with Gasteiger partial charge in [-0.15, -0.1) is 0 Å². The van der Waals surface area contributed by atoms with Crippen molar-refractivity contribution in [1.29, 1.82) is 0 Å². The average molecular weight is 141 g/mol. The van der Waals surface area contributed by atoms with Crippen LogP contribution in [0, 0.1) is 0 Å². The van der Waals surface area contributed by atoms with Crippen LogP contribution in [-0.2, 0) is 9.53 Å². The molecule has 0 fully saturated rings. The summed E-state index contributed by atoms with van der Waals surface area (Å²) in [6, 6.07) is 0. The van der Waals surface area contributed by atoms with E-state index in [4.69, 9.17) is 0 Å². The third kappa shape index (κ3) is 1.76. The van der Waals surface area contributed by atoms with Gasteiger partial charge < -0.3 is 9.64 Å². The van der Waals surface area contributed by atoms with E-state index in [1.54, 1.807) is 0 Å². The van der Waals surface area contributed by atoms with Crippen molar-refractivity contribution in [2.24, 2.45) is 0 Å². The minimum Gasteiger partial charge on any atom is -0.468 e. The second kappa shape index (κ2) is 3.25. The van der Waals surface area contributed by atoms with E-state index in [-0.39, 0.29) is 5.97 Å². The van der Waals surface area contributed by atoms with E-state index in [1.165, 1.54) is 7.11 Å². The summed E-state index contributed by atoms with van der Waals surface area (Å²) < 4.78 is 4.50.